The Labute approximate surface area is 126 Å². The number of aryl methyl sites for hydroxylation is 2. The molecule has 114 valence electrons. The Kier molecular flexibility index (Phi) is 4.44. The van der Waals surface area contributed by atoms with Crippen LogP contribution >= 0.6 is 0 Å². The van der Waals surface area contributed by atoms with Crippen LogP contribution in [0.1, 0.15) is 38.4 Å². The van der Waals surface area contributed by atoms with Crippen LogP contribution in [0, 0.1) is 5.92 Å². The van der Waals surface area contributed by atoms with Crippen LogP contribution in [-0.4, -0.2) is 22.8 Å². The Morgan fingerprint density at radius 3 is 3.00 bits per heavy atom. The maximum Gasteiger partial charge on any atom is 0.109 e. The van der Waals surface area contributed by atoms with E-state index >= 15 is 0 Å². The highest BCUT2D eigenvalue weighted by atomic mass is 16.5. The molecule has 0 bridgehead atoms. The molecule has 2 N–H and O–H groups in total. The molecule has 0 radical (unpaired) electrons. The summed E-state index contributed by atoms with van der Waals surface area (Å²) in [5.74, 6) is 2.01. The zero-order valence-corrected chi connectivity index (χ0v) is 12.8. The molecule has 1 aromatic carbocycles. The van der Waals surface area contributed by atoms with Crippen molar-refractivity contribution in [3.05, 3.63) is 24.0 Å². The molecule has 0 spiro atoms. The Hall–Kier alpha value is -1.55. The zero-order chi connectivity index (χ0) is 14.7. The van der Waals surface area contributed by atoms with Gasteiger partial charge in [-0.1, -0.05) is 6.92 Å². The minimum atomic E-state index is 0.781. The fourth-order valence-electron chi connectivity index (χ4n) is 2.72. The summed E-state index contributed by atoms with van der Waals surface area (Å²) in [5.41, 5.74) is 8.84. The molecule has 1 aliphatic carbocycles. The van der Waals surface area contributed by atoms with E-state index in [1.807, 2.05) is 12.1 Å². The Morgan fingerprint density at radius 1 is 1.38 bits per heavy atom. The van der Waals surface area contributed by atoms with E-state index in [1.165, 1.54) is 24.2 Å². The molecule has 3 rings (SSSR count). The summed E-state index contributed by atoms with van der Waals surface area (Å²) in [5, 5.41) is 0. The summed E-state index contributed by atoms with van der Waals surface area (Å²) in [6.45, 7) is 4.96. The average molecular weight is 287 g/mol. The highest BCUT2D eigenvalue weighted by Gasteiger charge is 2.20. The maximum absolute atomic E-state index is 5.86. The number of aromatic nitrogens is 2. The number of nitrogens with zero attached hydrogens (tertiary/aromatic N) is 2. The van der Waals surface area contributed by atoms with Crippen LogP contribution in [0.3, 0.4) is 0 Å². The molecule has 2 aromatic rings. The minimum Gasteiger partial charge on any atom is -0.399 e. The summed E-state index contributed by atoms with van der Waals surface area (Å²) in [6.07, 6.45) is 5.87. The first-order chi connectivity index (χ1) is 10.3. The molecule has 0 atom stereocenters. The molecule has 0 amide bonds. The Bertz CT molecular complexity index is 601. The van der Waals surface area contributed by atoms with E-state index in [0.29, 0.717) is 0 Å². The first-order valence-corrected chi connectivity index (χ1v) is 8.10. The highest BCUT2D eigenvalue weighted by Crippen LogP contribution is 2.28. The first-order valence-electron chi connectivity index (χ1n) is 8.10. The fourth-order valence-corrected chi connectivity index (χ4v) is 2.72. The van der Waals surface area contributed by atoms with Gasteiger partial charge in [-0.3, -0.25) is 0 Å². The van der Waals surface area contributed by atoms with Crippen molar-refractivity contribution in [1.82, 2.24) is 9.55 Å². The van der Waals surface area contributed by atoms with Gasteiger partial charge < -0.3 is 15.0 Å². The number of fused-ring (bicyclic) bond motifs is 1. The first kappa shape index (κ1) is 14.4. The van der Waals surface area contributed by atoms with Gasteiger partial charge in [0.15, 0.2) is 0 Å². The van der Waals surface area contributed by atoms with Crippen molar-refractivity contribution in [2.24, 2.45) is 5.92 Å². The number of nitrogens with two attached hydrogens (primary N) is 1. The molecule has 4 heteroatoms. The maximum atomic E-state index is 5.86. The fraction of sp³-hybridized carbons (Fsp3) is 0.588. The predicted octanol–water partition coefficient (Wildman–Crippen LogP) is 3.39. The van der Waals surface area contributed by atoms with Crippen LogP contribution in [0.4, 0.5) is 5.69 Å². The van der Waals surface area contributed by atoms with Crippen LogP contribution < -0.4 is 5.73 Å². The van der Waals surface area contributed by atoms with Crippen molar-refractivity contribution in [1.29, 1.82) is 0 Å². The third-order valence-electron chi connectivity index (χ3n) is 4.05. The SMILES string of the molecule is CCCc1nc2cc(N)ccc2n1CCCOCC1CC1. The van der Waals surface area contributed by atoms with Gasteiger partial charge in [0.25, 0.3) is 0 Å². The smallest absolute Gasteiger partial charge is 0.109 e. The lowest BCUT2D eigenvalue weighted by atomic mass is 10.2. The number of imidazole rings is 1. The van der Waals surface area contributed by atoms with Gasteiger partial charge in [-0.05, 0) is 49.8 Å². The lowest BCUT2D eigenvalue weighted by molar-refractivity contribution is 0.119. The Morgan fingerprint density at radius 2 is 2.24 bits per heavy atom. The highest BCUT2D eigenvalue weighted by molar-refractivity contribution is 5.79. The van der Waals surface area contributed by atoms with Gasteiger partial charge in [0.05, 0.1) is 11.0 Å². The molecule has 4 nitrogen and oxygen atoms in total. The second-order valence-electron chi connectivity index (χ2n) is 6.05. The summed E-state index contributed by atoms with van der Waals surface area (Å²) < 4.78 is 8.07. The van der Waals surface area contributed by atoms with Gasteiger partial charge in [0.2, 0.25) is 0 Å². The summed E-state index contributed by atoms with van der Waals surface area (Å²) in [7, 11) is 0. The van der Waals surface area contributed by atoms with Crippen molar-refractivity contribution in [3.8, 4) is 0 Å². The van der Waals surface area contributed by atoms with E-state index in [4.69, 9.17) is 15.5 Å². The molecule has 1 aliphatic rings. The Balaban J connectivity index is 1.67. The molecule has 0 saturated heterocycles. The average Bonchev–Trinajstić information content (AvgIpc) is 3.22. The second-order valence-corrected chi connectivity index (χ2v) is 6.05. The number of hydrogen-bond acceptors (Lipinski definition) is 3. The van der Waals surface area contributed by atoms with Crippen molar-refractivity contribution < 1.29 is 4.74 Å². The normalized spacial score (nSPS) is 14.9. The number of nitrogen functional groups attached to an aromatic ring is 1. The topological polar surface area (TPSA) is 53.1 Å². The molecule has 1 saturated carbocycles. The van der Waals surface area contributed by atoms with E-state index in [-0.39, 0.29) is 0 Å². The predicted molar refractivity (Wildman–Crippen MR) is 86.3 cm³/mol. The van der Waals surface area contributed by atoms with Gasteiger partial charge >= 0.3 is 0 Å². The van der Waals surface area contributed by atoms with Crippen molar-refractivity contribution in [2.75, 3.05) is 18.9 Å². The van der Waals surface area contributed by atoms with E-state index in [0.717, 1.165) is 56.1 Å². The summed E-state index contributed by atoms with van der Waals surface area (Å²) in [6, 6.07) is 6.01. The number of hydrogen-bond donors (Lipinski definition) is 1. The summed E-state index contributed by atoms with van der Waals surface area (Å²) in [4.78, 5) is 4.74. The summed E-state index contributed by atoms with van der Waals surface area (Å²) >= 11 is 0. The standard InChI is InChI=1S/C17H25N3O/c1-2-4-17-19-15-11-14(18)7-8-16(15)20(17)9-3-10-21-12-13-5-6-13/h7-8,11,13H,2-6,9-10,12,18H2,1H3. The third kappa shape index (κ3) is 3.56. The van der Waals surface area contributed by atoms with Crippen LogP contribution in [0.15, 0.2) is 18.2 Å². The largest absolute Gasteiger partial charge is 0.399 e. The number of anilines is 1. The van der Waals surface area contributed by atoms with E-state index in [1.54, 1.807) is 0 Å². The molecule has 1 aromatic heterocycles. The number of ether oxygens (including phenoxy) is 1. The molecular formula is C17H25N3O. The van der Waals surface area contributed by atoms with Gasteiger partial charge in [0, 0.05) is 31.9 Å². The zero-order valence-electron chi connectivity index (χ0n) is 12.8. The van der Waals surface area contributed by atoms with Gasteiger partial charge in [-0.2, -0.15) is 0 Å². The number of rotatable bonds is 8. The molecule has 21 heavy (non-hydrogen) atoms. The lowest BCUT2D eigenvalue weighted by Crippen LogP contribution is -2.07. The molecular weight excluding hydrogens is 262 g/mol. The van der Waals surface area contributed by atoms with E-state index < -0.39 is 0 Å². The molecule has 1 heterocycles. The van der Waals surface area contributed by atoms with Gasteiger partial charge in [0.1, 0.15) is 5.82 Å². The van der Waals surface area contributed by atoms with Crippen LogP contribution in [0.5, 0.6) is 0 Å². The van der Waals surface area contributed by atoms with Crippen molar-refractivity contribution in [3.63, 3.8) is 0 Å². The molecule has 0 aliphatic heterocycles. The van der Waals surface area contributed by atoms with Crippen molar-refractivity contribution in [2.45, 2.75) is 45.6 Å². The molecule has 1 fully saturated rings. The van der Waals surface area contributed by atoms with Crippen LogP contribution in [0.2, 0.25) is 0 Å². The van der Waals surface area contributed by atoms with Gasteiger partial charge in [-0.25, -0.2) is 4.98 Å². The van der Waals surface area contributed by atoms with E-state index in [9.17, 15) is 0 Å². The monoisotopic (exact) mass is 287 g/mol. The minimum absolute atomic E-state index is 0.781. The van der Waals surface area contributed by atoms with E-state index in [2.05, 4.69) is 17.6 Å². The van der Waals surface area contributed by atoms with Crippen LogP contribution in [-0.2, 0) is 17.7 Å². The van der Waals surface area contributed by atoms with Crippen molar-refractivity contribution >= 4 is 16.7 Å². The number of benzene rings is 1. The van der Waals surface area contributed by atoms with Gasteiger partial charge in [-0.15, -0.1) is 0 Å². The van der Waals surface area contributed by atoms with Crippen LogP contribution in [0.25, 0.3) is 11.0 Å². The second kappa shape index (κ2) is 6.48. The lowest BCUT2D eigenvalue weighted by Gasteiger charge is -2.09. The third-order valence-corrected chi connectivity index (χ3v) is 4.05. The molecule has 0 unspecified atom stereocenters. The quantitative estimate of drug-likeness (QED) is 0.598.